The molecule has 1 aliphatic heterocycles. The van der Waals surface area contributed by atoms with Gasteiger partial charge in [-0.1, -0.05) is 18.7 Å². The Hall–Kier alpha value is -2.76. The topological polar surface area (TPSA) is 72.0 Å². The first-order chi connectivity index (χ1) is 10.6. The fourth-order valence-corrected chi connectivity index (χ4v) is 2.08. The molecule has 0 bridgehead atoms. The van der Waals surface area contributed by atoms with Gasteiger partial charge in [0.25, 0.3) is 0 Å². The Balaban J connectivity index is 2.12. The second-order valence-electron chi connectivity index (χ2n) is 4.58. The highest BCUT2D eigenvalue weighted by atomic mass is 16.5. The Bertz CT molecular complexity index is 662. The Labute approximate surface area is 129 Å². The number of aliphatic imine (C=N–C) groups is 1. The highest BCUT2D eigenvalue weighted by Gasteiger charge is 2.26. The van der Waals surface area contributed by atoms with Gasteiger partial charge in [0.1, 0.15) is 11.6 Å². The third-order valence-corrected chi connectivity index (χ3v) is 3.17. The normalized spacial score (nSPS) is 13.8. The summed E-state index contributed by atoms with van der Waals surface area (Å²) in [5.41, 5.74) is 8.22. The number of hydrogen-bond acceptors (Lipinski definition) is 6. The number of anilines is 1. The van der Waals surface area contributed by atoms with E-state index in [9.17, 15) is 4.79 Å². The maximum Gasteiger partial charge on any atom is 0.340 e. The van der Waals surface area contributed by atoms with E-state index in [0.717, 1.165) is 5.69 Å². The molecule has 0 amide bonds. The molecule has 0 unspecified atom stereocenters. The van der Waals surface area contributed by atoms with Crippen molar-refractivity contribution in [2.24, 2.45) is 4.99 Å². The Morgan fingerprint density at radius 3 is 2.73 bits per heavy atom. The van der Waals surface area contributed by atoms with Crippen molar-refractivity contribution < 1.29 is 14.3 Å². The van der Waals surface area contributed by atoms with Gasteiger partial charge in [-0.15, -0.1) is 0 Å². The van der Waals surface area contributed by atoms with Crippen molar-refractivity contribution in [2.45, 2.75) is 13.8 Å². The number of methoxy groups -OCH3 is 1. The predicted octanol–water partition coefficient (Wildman–Crippen LogP) is 2.42. The number of esters is 1. The lowest BCUT2D eigenvalue weighted by molar-refractivity contribution is -0.138. The van der Waals surface area contributed by atoms with Gasteiger partial charge in [0.05, 0.1) is 30.7 Å². The SMILES string of the molecule is C=C1N=C(NNc2ccccc2OC)C(C)=C1C(=O)OCC. The molecule has 0 saturated heterocycles. The van der Waals surface area contributed by atoms with Gasteiger partial charge in [-0.3, -0.25) is 10.9 Å². The molecule has 22 heavy (non-hydrogen) atoms. The van der Waals surface area contributed by atoms with Gasteiger partial charge in [0.2, 0.25) is 0 Å². The number of para-hydroxylation sites is 2. The molecule has 0 fully saturated rings. The number of rotatable bonds is 5. The van der Waals surface area contributed by atoms with Gasteiger partial charge in [-0.25, -0.2) is 9.79 Å². The summed E-state index contributed by atoms with van der Waals surface area (Å²) in [6, 6.07) is 7.46. The molecule has 1 aromatic carbocycles. The number of amidine groups is 1. The summed E-state index contributed by atoms with van der Waals surface area (Å²) < 4.78 is 10.3. The number of hydrogen-bond donors (Lipinski definition) is 2. The van der Waals surface area contributed by atoms with Gasteiger partial charge in [0.15, 0.2) is 0 Å². The van der Waals surface area contributed by atoms with E-state index in [1.807, 2.05) is 24.3 Å². The monoisotopic (exact) mass is 301 g/mol. The number of carbonyl (C=O) groups is 1. The van der Waals surface area contributed by atoms with E-state index in [2.05, 4.69) is 22.4 Å². The first-order valence-electron chi connectivity index (χ1n) is 6.89. The maximum absolute atomic E-state index is 11.9. The average molecular weight is 301 g/mol. The zero-order valence-electron chi connectivity index (χ0n) is 12.9. The van der Waals surface area contributed by atoms with Crippen LogP contribution in [0, 0.1) is 0 Å². The molecule has 2 N–H and O–H groups in total. The van der Waals surface area contributed by atoms with Gasteiger partial charge in [-0.05, 0) is 26.0 Å². The standard InChI is InChI=1S/C16H19N3O3/c1-5-22-16(20)14-10(2)15(17-11(14)3)19-18-12-8-6-7-9-13(12)21-4/h6-9,18H,3,5H2,1-2,4H3,(H,17,19). The molecular weight excluding hydrogens is 282 g/mol. The third-order valence-electron chi connectivity index (χ3n) is 3.17. The van der Waals surface area contributed by atoms with E-state index < -0.39 is 5.97 Å². The molecule has 1 aliphatic rings. The molecule has 1 heterocycles. The molecule has 1 aromatic rings. The molecule has 0 aromatic heterocycles. The largest absolute Gasteiger partial charge is 0.495 e. The highest BCUT2D eigenvalue weighted by Crippen LogP contribution is 2.25. The van der Waals surface area contributed by atoms with Crippen LogP contribution in [0.3, 0.4) is 0 Å². The van der Waals surface area contributed by atoms with Crippen LogP contribution in [0.2, 0.25) is 0 Å². The van der Waals surface area contributed by atoms with E-state index >= 15 is 0 Å². The molecule has 0 radical (unpaired) electrons. The molecule has 6 heteroatoms. The highest BCUT2D eigenvalue weighted by molar-refractivity contribution is 6.11. The fourth-order valence-electron chi connectivity index (χ4n) is 2.08. The Kier molecular flexibility index (Phi) is 4.83. The summed E-state index contributed by atoms with van der Waals surface area (Å²) in [6.07, 6.45) is 0. The van der Waals surface area contributed by atoms with E-state index in [1.165, 1.54) is 0 Å². The van der Waals surface area contributed by atoms with Crippen molar-refractivity contribution >= 4 is 17.5 Å². The first-order valence-corrected chi connectivity index (χ1v) is 6.89. The lowest BCUT2D eigenvalue weighted by atomic mass is 10.1. The lowest BCUT2D eigenvalue weighted by Crippen LogP contribution is -2.29. The number of nitrogens with one attached hydrogen (secondary N) is 2. The van der Waals surface area contributed by atoms with Crippen molar-refractivity contribution in [3.05, 3.63) is 47.7 Å². The second kappa shape index (κ2) is 6.80. The van der Waals surface area contributed by atoms with E-state index in [0.29, 0.717) is 35.0 Å². The summed E-state index contributed by atoms with van der Waals surface area (Å²) in [4.78, 5) is 16.2. The van der Waals surface area contributed by atoms with Gasteiger partial charge in [0, 0.05) is 5.57 Å². The van der Waals surface area contributed by atoms with Crippen LogP contribution >= 0.6 is 0 Å². The van der Waals surface area contributed by atoms with Gasteiger partial charge >= 0.3 is 5.97 Å². The van der Waals surface area contributed by atoms with Crippen LogP contribution in [0.1, 0.15) is 13.8 Å². The van der Waals surface area contributed by atoms with E-state index in [4.69, 9.17) is 9.47 Å². The van der Waals surface area contributed by atoms with Crippen LogP contribution in [-0.2, 0) is 9.53 Å². The smallest absolute Gasteiger partial charge is 0.340 e. The van der Waals surface area contributed by atoms with Crippen LogP contribution in [-0.4, -0.2) is 25.5 Å². The molecule has 0 spiro atoms. The maximum atomic E-state index is 11.9. The van der Waals surface area contributed by atoms with Crippen LogP contribution in [0.4, 0.5) is 5.69 Å². The summed E-state index contributed by atoms with van der Waals surface area (Å²) >= 11 is 0. The van der Waals surface area contributed by atoms with Crippen molar-refractivity contribution in [2.75, 3.05) is 19.1 Å². The predicted molar refractivity (Wildman–Crippen MR) is 85.7 cm³/mol. The minimum absolute atomic E-state index is 0.311. The molecular formula is C16H19N3O3. The quantitative estimate of drug-likeness (QED) is 0.645. The third kappa shape index (κ3) is 3.11. The van der Waals surface area contributed by atoms with Crippen LogP contribution in [0.25, 0.3) is 0 Å². The number of nitrogens with zero attached hydrogens (tertiary/aromatic N) is 1. The van der Waals surface area contributed by atoms with Crippen molar-refractivity contribution in [3.8, 4) is 5.75 Å². The summed E-state index contributed by atoms with van der Waals surface area (Å²) in [5.74, 6) is 0.807. The minimum atomic E-state index is -0.414. The van der Waals surface area contributed by atoms with Crippen molar-refractivity contribution in [1.82, 2.24) is 5.43 Å². The fraction of sp³-hybridized carbons (Fsp3) is 0.250. The second-order valence-corrected chi connectivity index (χ2v) is 4.58. The molecule has 116 valence electrons. The van der Waals surface area contributed by atoms with E-state index in [-0.39, 0.29) is 0 Å². The molecule has 0 aliphatic carbocycles. The van der Waals surface area contributed by atoms with Crippen LogP contribution in [0.5, 0.6) is 5.75 Å². The number of carbonyl (C=O) groups excluding carboxylic acids is 1. The average Bonchev–Trinajstić information content (AvgIpc) is 2.80. The van der Waals surface area contributed by atoms with E-state index in [1.54, 1.807) is 21.0 Å². The zero-order valence-corrected chi connectivity index (χ0v) is 12.9. The van der Waals surface area contributed by atoms with Gasteiger partial charge in [-0.2, -0.15) is 0 Å². The van der Waals surface area contributed by atoms with Crippen molar-refractivity contribution in [3.63, 3.8) is 0 Å². The lowest BCUT2D eigenvalue weighted by Gasteiger charge is -2.13. The summed E-state index contributed by atoms with van der Waals surface area (Å²) in [6.45, 7) is 7.65. The molecule has 2 rings (SSSR count). The number of benzene rings is 1. The summed E-state index contributed by atoms with van der Waals surface area (Å²) in [7, 11) is 1.60. The number of ether oxygens (including phenoxy) is 2. The van der Waals surface area contributed by atoms with Crippen molar-refractivity contribution in [1.29, 1.82) is 0 Å². The Morgan fingerprint density at radius 1 is 1.32 bits per heavy atom. The first kappa shape index (κ1) is 15.6. The van der Waals surface area contributed by atoms with Gasteiger partial charge < -0.3 is 9.47 Å². The Morgan fingerprint density at radius 2 is 2.05 bits per heavy atom. The number of hydrazine groups is 1. The molecule has 0 saturated carbocycles. The zero-order chi connectivity index (χ0) is 16.1. The minimum Gasteiger partial charge on any atom is -0.495 e. The summed E-state index contributed by atoms with van der Waals surface area (Å²) in [5, 5.41) is 0. The molecule has 0 atom stereocenters. The van der Waals surface area contributed by atoms with Crippen LogP contribution < -0.4 is 15.6 Å². The van der Waals surface area contributed by atoms with Crippen LogP contribution in [0.15, 0.2) is 52.7 Å². The molecule has 6 nitrogen and oxygen atoms in total.